The van der Waals surface area contributed by atoms with Crippen molar-refractivity contribution in [3.05, 3.63) is 87.3 Å². The average Bonchev–Trinajstić information content (AvgIpc) is 3.19. The average molecular weight is 387 g/mol. The summed E-state index contributed by atoms with van der Waals surface area (Å²) >= 11 is 1.56. The summed E-state index contributed by atoms with van der Waals surface area (Å²) in [6, 6.07) is 17.0. The molecule has 0 saturated heterocycles. The second-order valence-corrected chi connectivity index (χ2v) is 8.36. The van der Waals surface area contributed by atoms with E-state index in [1.807, 2.05) is 18.2 Å². The van der Waals surface area contributed by atoms with Crippen molar-refractivity contribution < 1.29 is 0 Å². The molecule has 1 aliphatic carbocycles. The summed E-state index contributed by atoms with van der Waals surface area (Å²) in [5, 5.41) is 2.85. The van der Waals surface area contributed by atoms with Crippen LogP contribution in [0.2, 0.25) is 0 Å². The van der Waals surface area contributed by atoms with Gasteiger partial charge in [-0.25, -0.2) is 4.98 Å². The Balaban J connectivity index is 1.53. The van der Waals surface area contributed by atoms with Crippen molar-refractivity contribution in [1.29, 1.82) is 0 Å². The van der Waals surface area contributed by atoms with Gasteiger partial charge in [-0.3, -0.25) is 9.36 Å². The van der Waals surface area contributed by atoms with Crippen molar-refractivity contribution in [3.63, 3.8) is 0 Å². The van der Waals surface area contributed by atoms with E-state index in [0.717, 1.165) is 34.2 Å². The fourth-order valence-corrected chi connectivity index (χ4v) is 5.04. The number of thiophene rings is 1. The highest BCUT2D eigenvalue weighted by Crippen LogP contribution is 2.33. The van der Waals surface area contributed by atoms with Gasteiger partial charge in [-0.1, -0.05) is 48.5 Å². The lowest BCUT2D eigenvalue weighted by Gasteiger charge is -2.16. The van der Waals surface area contributed by atoms with Gasteiger partial charge in [0, 0.05) is 17.5 Å². The summed E-state index contributed by atoms with van der Waals surface area (Å²) in [6.45, 7) is 0.644. The Bertz CT molecular complexity index is 1190. The van der Waals surface area contributed by atoms with Crippen molar-refractivity contribution >= 4 is 21.6 Å². The molecule has 0 fully saturated rings. The number of aryl methyl sites for hydroxylation is 4. The van der Waals surface area contributed by atoms with Crippen LogP contribution in [0.15, 0.2) is 65.0 Å². The Morgan fingerprint density at radius 3 is 2.68 bits per heavy atom. The third-order valence-corrected chi connectivity index (χ3v) is 6.59. The zero-order valence-corrected chi connectivity index (χ0v) is 16.5. The van der Waals surface area contributed by atoms with E-state index in [1.54, 1.807) is 22.2 Å². The maximum Gasteiger partial charge on any atom is 0.262 e. The number of hydrogen-bond acceptors (Lipinski definition) is 3. The molecule has 0 saturated carbocycles. The summed E-state index contributed by atoms with van der Waals surface area (Å²) in [6.07, 6.45) is 7.38. The molecular weight excluding hydrogens is 364 g/mol. The van der Waals surface area contributed by atoms with Gasteiger partial charge in [-0.2, -0.15) is 0 Å². The van der Waals surface area contributed by atoms with Gasteiger partial charge in [0.15, 0.2) is 0 Å². The van der Waals surface area contributed by atoms with Crippen molar-refractivity contribution in [2.24, 2.45) is 0 Å². The molecule has 0 amide bonds. The van der Waals surface area contributed by atoms with Gasteiger partial charge >= 0.3 is 0 Å². The second-order valence-electron chi connectivity index (χ2n) is 7.50. The van der Waals surface area contributed by atoms with Crippen LogP contribution in [0.4, 0.5) is 0 Å². The molecule has 0 aliphatic heterocycles. The molecule has 0 bridgehead atoms. The third-order valence-electron chi connectivity index (χ3n) is 5.70. The molecule has 28 heavy (non-hydrogen) atoms. The Kier molecular flexibility index (Phi) is 4.57. The molecule has 2 aromatic heterocycles. The number of benzene rings is 2. The Labute approximate surface area is 168 Å². The van der Waals surface area contributed by atoms with Crippen LogP contribution in [0.5, 0.6) is 0 Å². The predicted molar refractivity (Wildman–Crippen MR) is 116 cm³/mol. The van der Waals surface area contributed by atoms with E-state index in [1.165, 1.54) is 36.0 Å². The molecule has 2 heterocycles. The first-order chi connectivity index (χ1) is 13.8. The SMILES string of the molecule is O=c1c2c(-c3ccc4c(c3)CCCC4)csc2ncn1CCc1ccccc1. The van der Waals surface area contributed by atoms with Gasteiger partial charge in [0.25, 0.3) is 5.56 Å². The summed E-state index contributed by atoms with van der Waals surface area (Å²) in [5.74, 6) is 0. The van der Waals surface area contributed by atoms with Crippen LogP contribution in [0.1, 0.15) is 29.5 Å². The van der Waals surface area contributed by atoms with Gasteiger partial charge in [0.2, 0.25) is 0 Å². The van der Waals surface area contributed by atoms with Gasteiger partial charge < -0.3 is 0 Å². The first-order valence-electron chi connectivity index (χ1n) is 9.92. The van der Waals surface area contributed by atoms with Crippen LogP contribution in [0.3, 0.4) is 0 Å². The zero-order valence-electron chi connectivity index (χ0n) is 15.7. The third kappa shape index (κ3) is 3.18. The summed E-state index contributed by atoms with van der Waals surface area (Å²) in [5.41, 5.74) is 6.38. The summed E-state index contributed by atoms with van der Waals surface area (Å²) in [7, 11) is 0. The monoisotopic (exact) mass is 386 g/mol. The number of nitrogens with zero attached hydrogens (tertiary/aromatic N) is 2. The molecule has 5 rings (SSSR count). The first kappa shape index (κ1) is 17.4. The van der Waals surface area contributed by atoms with E-state index in [4.69, 9.17) is 0 Å². The number of rotatable bonds is 4. The van der Waals surface area contributed by atoms with Crippen LogP contribution in [-0.2, 0) is 25.8 Å². The molecule has 140 valence electrons. The standard InChI is InChI=1S/C24H22N2OS/c27-24-22-21(20-11-10-18-8-4-5-9-19(18)14-20)15-28-23(22)25-16-26(24)13-12-17-6-2-1-3-7-17/h1-3,6-7,10-11,14-16H,4-5,8-9,12-13H2. The van der Waals surface area contributed by atoms with Crippen LogP contribution < -0.4 is 5.56 Å². The first-order valence-corrected chi connectivity index (χ1v) is 10.8. The van der Waals surface area contributed by atoms with Gasteiger partial charge in [0.05, 0.1) is 11.7 Å². The predicted octanol–water partition coefficient (Wildman–Crippen LogP) is 5.25. The topological polar surface area (TPSA) is 34.9 Å². The normalized spacial score (nSPS) is 13.6. The van der Waals surface area contributed by atoms with Crippen LogP contribution >= 0.6 is 11.3 Å². The quantitative estimate of drug-likeness (QED) is 0.480. The molecule has 0 radical (unpaired) electrons. The van der Waals surface area contributed by atoms with E-state index >= 15 is 0 Å². The van der Waals surface area contributed by atoms with E-state index in [9.17, 15) is 4.79 Å². The van der Waals surface area contributed by atoms with E-state index < -0.39 is 0 Å². The molecule has 2 aromatic carbocycles. The molecule has 0 unspecified atom stereocenters. The molecule has 4 aromatic rings. The minimum Gasteiger partial charge on any atom is -0.298 e. The minimum absolute atomic E-state index is 0.0647. The molecule has 1 aliphatic rings. The van der Waals surface area contributed by atoms with Crippen LogP contribution in [0, 0.1) is 0 Å². The smallest absolute Gasteiger partial charge is 0.262 e. The molecule has 3 nitrogen and oxygen atoms in total. The maximum absolute atomic E-state index is 13.2. The van der Waals surface area contributed by atoms with E-state index in [2.05, 4.69) is 40.7 Å². The molecule has 4 heteroatoms. The minimum atomic E-state index is 0.0647. The lowest BCUT2D eigenvalue weighted by Crippen LogP contribution is -2.21. The summed E-state index contributed by atoms with van der Waals surface area (Å²) in [4.78, 5) is 18.6. The van der Waals surface area contributed by atoms with Gasteiger partial charge in [0.1, 0.15) is 4.83 Å². The molecule has 0 N–H and O–H groups in total. The van der Waals surface area contributed by atoms with Gasteiger partial charge in [-0.05, 0) is 54.4 Å². The Morgan fingerprint density at radius 1 is 1.00 bits per heavy atom. The number of fused-ring (bicyclic) bond motifs is 2. The maximum atomic E-state index is 13.2. The molecule has 0 atom stereocenters. The van der Waals surface area contributed by atoms with E-state index in [0.29, 0.717) is 6.54 Å². The van der Waals surface area contributed by atoms with E-state index in [-0.39, 0.29) is 5.56 Å². The number of hydrogen-bond donors (Lipinski definition) is 0. The van der Waals surface area contributed by atoms with Crippen molar-refractivity contribution in [2.75, 3.05) is 0 Å². The molecular formula is C24H22N2OS. The Morgan fingerprint density at radius 2 is 1.82 bits per heavy atom. The summed E-state index contributed by atoms with van der Waals surface area (Å²) < 4.78 is 1.75. The highest BCUT2D eigenvalue weighted by atomic mass is 32.1. The van der Waals surface area contributed by atoms with Crippen molar-refractivity contribution in [1.82, 2.24) is 9.55 Å². The van der Waals surface area contributed by atoms with Gasteiger partial charge in [-0.15, -0.1) is 11.3 Å². The largest absolute Gasteiger partial charge is 0.298 e. The lowest BCUT2D eigenvalue weighted by molar-refractivity contribution is 0.663. The van der Waals surface area contributed by atoms with Crippen LogP contribution in [-0.4, -0.2) is 9.55 Å². The zero-order chi connectivity index (χ0) is 18.9. The molecule has 0 spiro atoms. The van der Waals surface area contributed by atoms with Crippen molar-refractivity contribution in [3.8, 4) is 11.1 Å². The van der Waals surface area contributed by atoms with Crippen LogP contribution in [0.25, 0.3) is 21.3 Å². The number of aromatic nitrogens is 2. The highest BCUT2D eigenvalue weighted by Gasteiger charge is 2.16. The fourth-order valence-electron chi connectivity index (χ4n) is 4.13. The second kappa shape index (κ2) is 7.36. The highest BCUT2D eigenvalue weighted by molar-refractivity contribution is 7.17. The lowest BCUT2D eigenvalue weighted by atomic mass is 9.89. The fraction of sp³-hybridized carbons (Fsp3) is 0.250. The Hall–Kier alpha value is -2.72. The van der Waals surface area contributed by atoms with Crippen molar-refractivity contribution in [2.45, 2.75) is 38.6 Å².